The Bertz CT molecular complexity index is 375. The van der Waals surface area contributed by atoms with E-state index >= 15 is 0 Å². The lowest BCUT2D eigenvalue weighted by molar-refractivity contribution is -0.198. The Morgan fingerprint density at radius 1 is 1.24 bits per heavy atom. The van der Waals surface area contributed by atoms with Crippen molar-refractivity contribution in [2.75, 3.05) is 0 Å². The molecule has 2 atom stereocenters. The lowest BCUT2D eigenvalue weighted by Crippen LogP contribution is -2.32. The molecule has 3 nitrogen and oxygen atoms in total. The van der Waals surface area contributed by atoms with Crippen molar-refractivity contribution in [2.45, 2.75) is 18.7 Å². The van der Waals surface area contributed by atoms with Crippen LogP contribution >= 0.6 is 0 Å². The summed E-state index contributed by atoms with van der Waals surface area (Å²) in [7, 11) is 0. The Balaban J connectivity index is 2.79. The van der Waals surface area contributed by atoms with Crippen molar-refractivity contribution in [2.24, 2.45) is 5.92 Å². The highest BCUT2D eigenvalue weighted by Crippen LogP contribution is 2.33. The van der Waals surface area contributed by atoms with Gasteiger partial charge in [-0.3, -0.25) is 4.79 Å². The normalized spacial score (nSPS) is 15.3. The fraction of sp³-hybridized carbons (Fsp3) is 0.364. The van der Waals surface area contributed by atoms with E-state index < -0.39 is 30.6 Å². The van der Waals surface area contributed by atoms with E-state index in [4.69, 9.17) is 5.11 Å². The van der Waals surface area contributed by atoms with E-state index in [1.54, 1.807) is 18.2 Å². The van der Waals surface area contributed by atoms with Gasteiger partial charge in [0.25, 0.3) is 0 Å². The maximum atomic E-state index is 12.4. The summed E-state index contributed by atoms with van der Waals surface area (Å²) in [4.78, 5) is 10.5. The lowest BCUT2D eigenvalue weighted by Gasteiger charge is -2.19. The first kappa shape index (κ1) is 13.5. The highest BCUT2D eigenvalue weighted by molar-refractivity contribution is 5.71. The van der Waals surface area contributed by atoms with Crippen molar-refractivity contribution < 1.29 is 28.2 Å². The van der Waals surface area contributed by atoms with Crippen LogP contribution < -0.4 is 0 Å². The van der Waals surface area contributed by atoms with Crippen molar-refractivity contribution >= 4 is 5.97 Å². The zero-order valence-corrected chi connectivity index (χ0v) is 8.69. The van der Waals surface area contributed by atoms with Gasteiger partial charge in [0.2, 0.25) is 0 Å². The zero-order valence-electron chi connectivity index (χ0n) is 8.69. The van der Waals surface area contributed by atoms with Crippen LogP contribution in [0, 0.1) is 5.92 Å². The minimum Gasteiger partial charge on any atom is -0.481 e. The number of carboxylic acids is 1. The molecule has 0 spiro atoms. The lowest BCUT2D eigenvalue weighted by atomic mass is 9.96. The highest BCUT2D eigenvalue weighted by atomic mass is 19.4. The number of aliphatic hydroxyl groups is 1. The summed E-state index contributed by atoms with van der Waals surface area (Å²) in [5.74, 6) is -4.54. The molecule has 6 heteroatoms. The first-order valence-electron chi connectivity index (χ1n) is 4.85. The van der Waals surface area contributed by atoms with Gasteiger partial charge in [0.1, 0.15) is 0 Å². The molecule has 1 rings (SSSR count). The Morgan fingerprint density at radius 3 is 2.18 bits per heavy atom. The van der Waals surface area contributed by atoms with Crippen LogP contribution in [-0.2, 0) is 4.79 Å². The van der Waals surface area contributed by atoms with Crippen LogP contribution in [0.3, 0.4) is 0 Å². The monoisotopic (exact) mass is 248 g/mol. The molecular weight excluding hydrogens is 237 g/mol. The molecule has 0 fully saturated rings. The molecule has 0 bridgehead atoms. The summed E-state index contributed by atoms with van der Waals surface area (Å²) >= 11 is 0. The fourth-order valence-electron chi connectivity index (χ4n) is 1.41. The predicted octanol–water partition coefficient (Wildman–Crippen LogP) is 2.37. The summed E-state index contributed by atoms with van der Waals surface area (Å²) in [6.07, 6.45) is -7.19. The van der Waals surface area contributed by atoms with Gasteiger partial charge in [-0.05, 0) is 12.0 Å². The average Bonchev–Trinajstić information content (AvgIpc) is 2.24. The Labute approximate surface area is 95.5 Å². The van der Waals surface area contributed by atoms with Gasteiger partial charge in [-0.1, -0.05) is 30.3 Å². The number of carboxylic acid groups (broad SMARTS) is 1. The van der Waals surface area contributed by atoms with E-state index in [-0.39, 0.29) is 5.56 Å². The number of alkyl halides is 3. The first-order valence-corrected chi connectivity index (χ1v) is 4.85. The molecule has 0 aliphatic rings. The van der Waals surface area contributed by atoms with E-state index in [1.165, 1.54) is 12.1 Å². The third-order valence-electron chi connectivity index (χ3n) is 2.34. The minimum absolute atomic E-state index is 0.267. The van der Waals surface area contributed by atoms with Crippen molar-refractivity contribution in [1.82, 2.24) is 0 Å². The molecule has 0 saturated carbocycles. The summed E-state index contributed by atoms with van der Waals surface area (Å²) in [5.41, 5.74) is 0.267. The zero-order chi connectivity index (χ0) is 13.1. The molecule has 1 aromatic rings. The molecular formula is C11H11F3O3. The summed E-state index contributed by atoms with van der Waals surface area (Å²) < 4.78 is 37.1. The molecule has 0 aromatic heterocycles. The van der Waals surface area contributed by atoms with E-state index in [9.17, 15) is 23.1 Å². The topological polar surface area (TPSA) is 57.5 Å². The number of benzene rings is 1. The van der Waals surface area contributed by atoms with E-state index in [0.29, 0.717) is 0 Å². The molecule has 0 heterocycles. The number of aliphatic carboxylic acids is 1. The van der Waals surface area contributed by atoms with Crippen LogP contribution in [0.15, 0.2) is 30.3 Å². The maximum absolute atomic E-state index is 12.4. The molecule has 1 aromatic carbocycles. The summed E-state index contributed by atoms with van der Waals surface area (Å²) in [5, 5.41) is 18.0. The second-order valence-electron chi connectivity index (χ2n) is 3.59. The molecule has 0 saturated heterocycles. The summed E-state index contributed by atoms with van der Waals surface area (Å²) in [6.45, 7) is 0. The van der Waals surface area contributed by atoms with Crippen LogP contribution in [-0.4, -0.2) is 22.4 Å². The van der Waals surface area contributed by atoms with Crippen molar-refractivity contribution in [3.05, 3.63) is 35.9 Å². The minimum atomic E-state index is -4.86. The molecule has 0 radical (unpaired) electrons. The fourth-order valence-corrected chi connectivity index (χ4v) is 1.41. The van der Waals surface area contributed by atoms with E-state index in [2.05, 4.69) is 0 Å². The van der Waals surface area contributed by atoms with Crippen molar-refractivity contribution in [3.8, 4) is 0 Å². The first-order chi connectivity index (χ1) is 7.82. The third kappa shape index (κ3) is 3.74. The number of carbonyl (C=O) groups is 1. The number of hydrogen-bond donors (Lipinski definition) is 2. The SMILES string of the molecule is O=C(O)C(CC(O)c1ccccc1)C(F)(F)F. The molecule has 2 unspecified atom stereocenters. The number of rotatable bonds is 4. The molecule has 0 aliphatic heterocycles. The van der Waals surface area contributed by atoms with Gasteiger partial charge in [0.15, 0.2) is 5.92 Å². The third-order valence-corrected chi connectivity index (χ3v) is 2.34. The number of aliphatic hydroxyl groups excluding tert-OH is 1. The second kappa shape index (κ2) is 5.18. The predicted molar refractivity (Wildman–Crippen MR) is 53.2 cm³/mol. The van der Waals surface area contributed by atoms with Crippen LogP contribution in [0.4, 0.5) is 13.2 Å². The number of hydrogen-bond acceptors (Lipinski definition) is 2. The molecule has 0 amide bonds. The van der Waals surface area contributed by atoms with Crippen molar-refractivity contribution in [1.29, 1.82) is 0 Å². The van der Waals surface area contributed by atoms with E-state index in [0.717, 1.165) is 0 Å². The molecule has 0 aliphatic carbocycles. The van der Waals surface area contributed by atoms with Crippen LogP contribution in [0.25, 0.3) is 0 Å². The quantitative estimate of drug-likeness (QED) is 0.860. The standard InChI is InChI=1S/C11H11F3O3/c12-11(13,14)8(10(16)17)6-9(15)7-4-2-1-3-5-7/h1-5,8-9,15H,6H2,(H,16,17). The second-order valence-corrected chi connectivity index (χ2v) is 3.59. The van der Waals surface area contributed by atoms with Gasteiger partial charge in [0.05, 0.1) is 6.10 Å². The van der Waals surface area contributed by atoms with Crippen LogP contribution in [0.1, 0.15) is 18.1 Å². The smallest absolute Gasteiger partial charge is 0.402 e. The van der Waals surface area contributed by atoms with Crippen LogP contribution in [0.2, 0.25) is 0 Å². The largest absolute Gasteiger partial charge is 0.481 e. The van der Waals surface area contributed by atoms with Gasteiger partial charge in [-0.25, -0.2) is 0 Å². The highest BCUT2D eigenvalue weighted by Gasteiger charge is 2.46. The summed E-state index contributed by atoms with van der Waals surface area (Å²) in [6, 6.07) is 7.65. The van der Waals surface area contributed by atoms with Crippen molar-refractivity contribution in [3.63, 3.8) is 0 Å². The van der Waals surface area contributed by atoms with Gasteiger partial charge in [-0.2, -0.15) is 13.2 Å². The van der Waals surface area contributed by atoms with Gasteiger partial charge >= 0.3 is 12.1 Å². The molecule has 94 valence electrons. The Morgan fingerprint density at radius 2 is 1.76 bits per heavy atom. The van der Waals surface area contributed by atoms with Gasteiger partial charge in [0, 0.05) is 0 Å². The molecule has 17 heavy (non-hydrogen) atoms. The average molecular weight is 248 g/mol. The van der Waals surface area contributed by atoms with Gasteiger partial charge < -0.3 is 10.2 Å². The Hall–Kier alpha value is -1.56. The number of halogens is 3. The van der Waals surface area contributed by atoms with Crippen LogP contribution in [0.5, 0.6) is 0 Å². The van der Waals surface area contributed by atoms with E-state index in [1.807, 2.05) is 0 Å². The van der Waals surface area contributed by atoms with Gasteiger partial charge in [-0.15, -0.1) is 0 Å². The maximum Gasteiger partial charge on any atom is 0.402 e. The Kier molecular flexibility index (Phi) is 4.11. The molecule has 2 N–H and O–H groups in total.